The minimum absolute atomic E-state index is 0.472. The largest absolute Gasteiger partial charge is 0.0628 e. The summed E-state index contributed by atoms with van der Waals surface area (Å²) in [5.74, 6) is 3.10. The molecular weight excluding hydrogens is 216 g/mol. The predicted octanol–water partition coefficient (Wildman–Crippen LogP) is 6.36. The van der Waals surface area contributed by atoms with Gasteiger partial charge < -0.3 is 0 Å². The molecule has 0 aromatic heterocycles. The lowest BCUT2D eigenvalue weighted by Crippen LogP contribution is -2.14. The summed E-state index contributed by atoms with van der Waals surface area (Å²) in [6, 6.07) is 0. The molecule has 0 fully saturated rings. The van der Waals surface area contributed by atoms with Gasteiger partial charge in [-0.1, -0.05) is 67.7 Å². The molecule has 0 bridgehead atoms. The van der Waals surface area contributed by atoms with Gasteiger partial charge in [0.15, 0.2) is 0 Å². The Morgan fingerprint density at radius 1 is 0.833 bits per heavy atom. The van der Waals surface area contributed by atoms with E-state index < -0.39 is 0 Å². The van der Waals surface area contributed by atoms with Crippen LogP contribution in [0.3, 0.4) is 0 Å². The molecule has 0 N–H and O–H groups in total. The first-order valence-corrected chi connectivity index (χ1v) is 7.95. The molecule has 3 unspecified atom stereocenters. The van der Waals surface area contributed by atoms with Crippen LogP contribution in [-0.4, -0.2) is 0 Å². The molecule has 0 saturated heterocycles. The monoisotopic (exact) mass is 253 g/mol. The van der Waals surface area contributed by atoms with Gasteiger partial charge in [0.25, 0.3) is 0 Å². The van der Waals surface area contributed by atoms with Crippen LogP contribution in [0.2, 0.25) is 0 Å². The molecule has 0 aliphatic carbocycles. The van der Waals surface area contributed by atoms with E-state index in [0.717, 1.165) is 17.8 Å². The topological polar surface area (TPSA) is 0 Å². The average Bonchev–Trinajstić information content (AvgIpc) is 2.19. The van der Waals surface area contributed by atoms with E-state index >= 15 is 0 Å². The van der Waals surface area contributed by atoms with Crippen LogP contribution in [-0.2, 0) is 0 Å². The fourth-order valence-corrected chi connectivity index (χ4v) is 2.76. The maximum absolute atomic E-state index is 4.38. The zero-order chi connectivity index (χ0) is 14.3. The molecule has 109 valence electrons. The molecule has 0 amide bonds. The standard InChI is InChI=1S/C18H37/c1-14(2)9-11-16(4)17(5)12-10-15(3)13-18(6,7)8/h14-17H,5,9-13H2,1-4,6-8H3. The van der Waals surface area contributed by atoms with Crippen molar-refractivity contribution < 1.29 is 0 Å². The summed E-state index contributed by atoms with van der Waals surface area (Å²) in [7, 11) is 0. The lowest BCUT2D eigenvalue weighted by molar-refractivity contribution is 0.268. The van der Waals surface area contributed by atoms with Crippen LogP contribution in [0, 0.1) is 36.0 Å². The molecule has 3 atom stereocenters. The molecule has 0 aromatic rings. The van der Waals surface area contributed by atoms with Gasteiger partial charge in [0.2, 0.25) is 0 Å². The summed E-state index contributed by atoms with van der Waals surface area (Å²) in [6.45, 7) is 20.8. The predicted molar refractivity (Wildman–Crippen MR) is 84.6 cm³/mol. The molecule has 18 heavy (non-hydrogen) atoms. The molecular formula is C18H37. The van der Waals surface area contributed by atoms with Gasteiger partial charge in [0, 0.05) is 0 Å². The Kier molecular flexibility index (Phi) is 8.23. The Morgan fingerprint density at radius 2 is 1.39 bits per heavy atom. The van der Waals surface area contributed by atoms with Gasteiger partial charge >= 0.3 is 0 Å². The summed E-state index contributed by atoms with van der Waals surface area (Å²) >= 11 is 0. The van der Waals surface area contributed by atoms with E-state index in [-0.39, 0.29) is 0 Å². The van der Waals surface area contributed by atoms with Crippen molar-refractivity contribution in [3.8, 4) is 0 Å². The molecule has 0 spiro atoms. The molecule has 0 heteroatoms. The van der Waals surface area contributed by atoms with Gasteiger partial charge in [-0.15, -0.1) is 0 Å². The Morgan fingerprint density at radius 3 is 1.83 bits per heavy atom. The summed E-state index contributed by atoms with van der Waals surface area (Å²) in [6.07, 6.45) is 6.68. The van der Waals surface area contributed by atoms with Crippen molar-refractivity contribution in [2.24, 2.45) is 29.1 Å². The van der Waals surface area contributed by atoms with Crippen LogP contribution in [0.5, 0.6) is 0 Å². The third-order valence-corrected chi connectivity index (χ3v) is 4.00. The van der Waals surface area contributed by atoms with Crippen LogP contribution in [0.15, 0.2) is 0 Å². The Bertz CT molecular complexity index is 197. The lowest BCUT2D eigenvalue weighted by Gasteiger charge is -2.26. The number of hydrogen-bond donors (Lipinski definition) is 0. The van der Waals surface area contributed by atoms with Crippen molar-refractivity contribution in [3.63, 3.8) is 0 Å². The van der Waals surface area contributed by atoms with E-state index in [0.29, 0.717) is 11.3 Å². The van der Waals surface area contributed by atoms with E-state index in [1.54, 1.807) is 0 Å². The normalized spacial score (nSPS) is 17.8. The maximum Gasteiger partial charge on any atom is -0.0380 e. The Balaban J connectivity index is 3.84. The fourth-order valence-electron chi connectivity index (χ4n) is 2.76. The summed E-state index contributed by atoms with van der Waals surface area (Å²) in [4.78, 5) is 0. The first-order valence-electron chi connectivity index (χ1n) is 7.95. The Hall–Kier alpha value is 0. The van der Waals surface area contributed by atoms with E-state index in [1.165, 1.54) is 32.1 Å². The van der Waals surface area contributed by atoms with Crippen molar-refractivity contribution in [1.82, 2.24) is 0 Å². The zero-order valence-electron chi connectivity index (χ0n) is 14.1. The second-order valence-corrected chi connectivity index (χ2v) is 8.16. The van der Waals surface area contributed by atoms with Gasteiger partial charge in [-0.2, -0.15) is 0 Å². The van der Waals surface area contributed by atoms with Gasteiger partial charge in [-0.05, 0) is 48.9 Å². The lowest BCUT2D eigenvalue weighted by atomic mass is 9.80. The average molecular weight is 253 g/mol. The molecule has 0 rings (SSSR count). The highest BCUT2D eigenvalue weighted by molar-refractivity contribution is 4.72. The Labute approximate surface area is 117 Å². The van der Waals surface area contributed by atoms with Crippen molar-refractivity contribution in [2.75, 3.05) is 0 Å². The van der Waals surface area contributed by atoms with Crippen LogP contribution in [0.4, 0.5) is 0 Å². The van der Waals surface area contributed by atoms with Crippen molar-refractivity contribution in [1.29, 1.82) is 0 Å². The second-order valence-electron chi connectivity index (χ2n) is 8.16. The first-order chi connectivity index (χ1) is 8.11. The number of rotatable bonds is 8. The van der Waals surface area contributed by atoms with E-state index in [4.69, 9.17) is 0 Å². The minimum Gasteiger partial charge on any atom is -0.0628 e. The van der Waals surface area contributed by atoms with Gasteiger partial charge in [0.05, 0.1) is 0 Å². The molecule has 0 saturated carbocycles. The van der Waals surface area contributed by atoms with Crippen molar-refractivity contribution in [3.05, 3.63) is 6.92 Å². The van der Waals surface area contributed by atoms with Crippen LogP contribution < -0.4 is 0 Å². The van der Waals surface area contributed by atoms with Crippen LogP contribution in [0.1, 0.15) is 80.6 Å². The zero-order valence-corrected chi connectivity index (χ0v) is 14.1. The maximum atomic E-state index is 4.38. The van der Waals surface area contributed by atoms with Gasteiger partial charge in [0.1, 0.15) is 0 Å². The molecule has 0 nitrogen and oxygen atoms in total. The second kappa shape index (κ2) is 8.23. The third-order valence-electron chi connectivity index (χ3n) is 4.00. The molecule has 0 aliphatic heterocycles. The SMILES string of the molecule is [CH2]C(CCC(C)CC(C)(C)C)C(C)CCC(C)C. The molecule has 0 heterocycles. The first kappa shape index (κ1) is 18.0. The highest BCUT2D eigenvalue weighted by Crippen LogP contribution is 2.30. The van der Waals surface area contributed by atoms with E-state index in [1.807, 2.05) is 0 Å². The number of hydrogen-bond acceptors (Lipinski definition) is 0. The van der Waals surface area contributed by atoms with Gasteiger partial charge in [-0.25, -0.2) is 0 Å². The van der Waals surface area contributed by atoms with Crippen molar-refractivity contribution in [2.45, 2.75) is 80.6 Å². The quantitative estimate of drug-likeness (QED) is 0.472. The molecule has 0 aliphatic rings. The molecule has 0 aromatic carbocycles. The summed E-state index contributed by atoms with van der Waals surface area (Å²) < 4.78 is 0. The van der Waals surface area contributed by atoms with E-state index in [9.17, 15) is 0 Å². The van der Waals surface area contributed by atoms with Gasteiger partial charge in [-0.3, -0.25) is 0 Å². The van der Waals surface area contributed by atoms with E-state index in [2.05, 4.69) is 55.4 Å². The highest BCUT2D eigenvalue weighted by atomic mass is 14.2. The fraction of sp³-hybridized carbons (Fsp3) is 0.944. The summed E-state index contributed by atoms with van der Waals surface area (Å²) in [5, 5.41) is 0. The third kappa shape index (κ3) is 9.97. The highest BCUT2D eigenvalue weighted by Gasteiger charge is 2.18. The van der Waals surface area contributed by atoms with Crippen LogP contribution in [0.25, 0.3) is 0 Å². The smallest absolute Gasteiger partial charge is 0.0380 e. The summed E-state index contributed by atoms with van der Waals surface area (Å²) in [5.41, 5.74) is 0.472. The molecule has 1 radical (unpaired) electrons. The minimum atomic E-state index is 0.472. The van der Waals surface area contributed by atoms with Crippen molar-refractivity contribution >= 4 is 0 Å². The van der Waals surface area contributed by atoms with Crippen LogP contribution >= 0.6 is 0 Å².